The number of carbonyl (C=O) groups is 5. The van der Waals surface area contributed by atoms with Crippen LogP contribution in [0.3, 0.4) is 0 Å². The molecule has 0 saturated carbocycles. The number of anilines is 1. The zero-order valence-corrected chi connectivity index (χ0v) is 29.4. The first-order chi connectivity index (χ1) is 21.4. The molecule has 2 unspecified atom stereocenters. The van der Waals surface area contributed by atoms with Gasteiger partial charge in [0.1, 0.15) is 24.2 Å². The summed E-state index contributed by atoms with van der Waals surface area (Å²) in [7, 11) is -5.30. The van der Waals surface area contributed by atoms with E-state index in [9.17, 15) is 47.1 Å². The van der Waals surface area contributed by atoms with E-state index in [2.05, 4.69) is 26.1 Å². The maximum absolute atomic E-state index is 13.4. The van der Waals surface area contributed by atoms with Crippen molar-refractivity contribution >= 4 is 79.4 Å². The van der Waals surface area contributed by atoms with Crippen molar-refractivity contribution in [2.75, 3.05) is 17.7 Å². The number of oxime groups is 1. The number of carbonyl (C=O) groups excluding carboxylic acids is 5. The smallest absolute Gasteiger partial charge is 0.731 e. The zero-order chi connectivity index (χ0) is 34.4. The van der Waals surface area contributed by atoms with Crippen LogP contribution < -0.4 is 45.5 Å². The molecule has 1 fully saturated rings. The summed E-state index contributed by atoms with van der Waals surface area (Å²) < 4.78 is 40.0. The van der Waals surface area contributed by atoms with E-state index in [1.54, 1.807) is 0 Å². The fraction of sp³-hybridized carbons (Fsp3) is 0.375. The van der Waals surface area contributed by atoms with Crippen molar-refractivity contribution in [3.8, 4) is 0 Å². The molecule has 248 valence electrons. The molecule has 3 N–H and O–H groups in total. The van der Waals surface area contributed by atoms with Gasteiger partial charge >= 0.3 is 35.5 Å². The van der Waals surface area contributed by atoms with Crippen molar-refractivity contribution in [3.05, 3.63) is 51.0 Å². The number of nitro benzene ring substituents is 1. The second-order valence-corrected chi connectivity index (χ2v) is 12.2. The third-order valence-corrected chi connectivity index (χ3v) is 7.89. The van der Waals surface area contributed by atoms with Crippen LogP contribution in [0.5, 0.6) is 0 Å². The molecule has 0 radical (unpaired) electrons. The molecule has 4 amide bonds. The molecule has 47 heavy (non-hydrogen) atoms. The quantitative estimate of drug-likeness (QED) is 0.0253. The van der Waals surface area contributed by atoms with Crippen LogP contribution in [0.2, 0.25) is 0 Å². The number of halogens is 1. The summed E-state index contributed by atoms with van der Waals surface area (Å²) in [5.74, 6) is -5.08. The van der Waals surface area contributed by atoms with E-state index in [-0.39, 0.29) is 57.0 Å². The molecule has 0 bridgehead atoms. The molecule has 2 aromatic rings. The number of nitrogens with zero attached hydrogens (tertiary/aromatic N) is 4. The number of nitro groups is 1. The van der Waals surface area contributed by atoms with Gasteiger partial charge in [-0.05, 0) is 31.5 Å². The minimum Gasteiger partial charge on any atom is -0.731 e. The average Bonchev–Trinajstić information content (AvgIpc) is 3.43. The molecular weight excluding hydrogens is 701 g/mol. The van der Waals surface area contributed by atoms with Crippen molar-refractivity contribution in [3.63, 3.8) is 0 Å². The molecule has 1 aliphatic rings. The van der Waals surface area contributed by atoms with Gasteiger partial charge in [-0.25, -0.2) is 22.5 Å². The van der Waals surface area contributed by atoms with Crippen LogP contribution in [0.4, 0.5) is 10.8 Å². The largest absolute Gasteiger partial charge is 1.00 e. The Bertz CT molecular complexity index is 1680. The molecule has 2 heterocycles. The predicted octanol–water partition coefficient (Wildman–Crippen LogP) is -3.23. The van der Waals surface area contributed by atoms with Crippen LogP contribution in [-0.4, -0.2) is 92.6 Å². The first-order valence-electron chi connectivity index (χ1n) is 12.8. The molecule has 1 saturated heterocycles. The van der Waals surface area contributed by atoms with Crippen LogP contribution in [0, 0.1) is 10.1 Å². The summed E-state index contributed by atoms with van der Waals surface area (Å²) >= 11 is 6.34. The summed E-state index contributed by atoms with van der Waals surface area (Å²) in [5.41, 5.74) is -2.47. The number of aromatic nitrogens is 1. The topological polar surface area (TPSA) is 269 Å². The second-order valence-electron chi connectivity index (χ2n) is 9.81. The Kier molecular flexibility index (Phi) is 13.8. The van der Waals surface area contributed by atoms with Crippen LogP contribution in [0.25, 0.3) is 0 Å². The SMILES string of the molecule is CC(=O)NCC1C(NC(=O)C(=NOC(C)(C)C(=O)OCc2ccc([N+](=O)[O-])cc2)c2csc(NC(=O)CCl)n2)C(=O)N1S(=O)(=O)[O-].[Na+]. The maximum atomic E-state index is 13.4. The van der Waals surface area contributed by atoms with Gasteiger partial charge in [0.15, 0.2) is 21.1 Å². The van der Waals surface area contributed by atoms with E-state index in [1.165, 1.54) is 43.5 Å². The fourth-order valence-electron chi connectivity index (χ4n) is 3.64. The van der Waals surface area contributed by atoms with E-state index >= 15 is 0 Å². The number of hydrogen-bond donors (Lipinski definition) is 3. The predicted molar refractivity (Wildman–Crippen MR) is 157 cm³/mol. The minimum atomic E-state index is -5.30. The van der Waals surface area contributed by atoms with Crippen LogP contribution in [0.15, 0.2) is 34.8 Å². The Labute approximate surface area is 297 Å². The number of nitrogens with one attached hydrogen (secondary N) is 3. The van der Waals surface area contributed by atoms with Gasteiger partial charge in [-0.3, -0.25) is 29.3 Å². The number of hydrogen-bond acceptors (Lipinski definition) is 15. The maximum Gasteiger partial charge on any atom is 1.00 e. The monoisotopic (exact) mass is 725 g/mol. The molecule has 3 rings (SSSR count). The normalized spacial score (nSPS) is 16.2. The molecule has 1 aromatic carbocycles. The van der Waals surface area contributed by atoms with Gasteiger partial charge in [0.05, 0.1) is 11.0 Å². The average molecular weight is 726 g/mol. The summed E-state index contributed by atoms with van der Waals surface area (Å²) in [5, 5.41) is 22.7. The standard InChI is InChI=1S/C24H26ClN7O12S2.Na/c1-12(33)26-9-16-19(21(36)31(16)46(40,41)42)29-20(35)18(15-11-45-23(27-15)28-17(34)8-25)30-44-24(2,3)22(37)43-10-13-4-6-14(7-5-13)32(38)39;/h4-7,11,16,19H,8-10H2,1-3H3,(H,26,33)(H,29,35)(H,27,28,34)(H,40,41,42);/q;+1/p-1. The number of non-ortho nitro benzene ring substituents is 1. The number of alkyl halides is 1. The number of β-lactam (4-membered cyclic amide) rings is 1. The summed E-state index contributed by atoms with van der Waals surface area (Å²) in [4.78, 5) is 81.4. The van der Waals surface area contributed by atoms with Gasteiger partial charge in [0.2, 0.25) is 17.4 Å². The summed E-state index contributed by atoms with van der Waals surface area (Å²) in [6.45, 7) is 2.79. The van der Waals surface area contributed by atoms with E-state index < -0.39 is 80.6 Å². The van der Waals surface area contributed by atoms with Crippen molar-refractivity contribution in [2.45, 2.75) is 45.1 Å². The van der Waals surface area contributed by atoms with Crippen molar-refractivity contribution < 1.29 is 81.0 Å². The van der Waals surface area contributed by atoms with E-state index in [0.29, 0.717) is 5.56 Å². The third kappa shape index (κ3) is 10.4. The molecule has 23 heteroatoms. The van der Waals surface area contributed by atoms with E-state index in [4.69, 9.17) is 21.2 Å². The third-order valence-electron chi connectivity index (χ3n) is 5.96. The van der Waals surface area contributed by atoms with Crippen LogP contribution >= 0.6 is 22.9 Å². The minimum absolute atomic E-state index is 0. The fourth-order valence-corrected chi connectivity index (χ4v) is 5.28. The number of ether oxygens (including phenoxy) is 1. The second kappa shape index (κ2) is 16.4. The van der Waals surface area contributed by atoms with Gasteiger partial charge in [-0.2, -0.15) is 0 Å². The number of benzene rings is 1. The van der Waals surface area contributed by atoms with Gasteiger partial charge in [-0.15, -0.1) is 22.9 Å². The Morgan fingerprint density at radius 1 is 1.21 bits per heavy atom. The molecule has 2 atom stereocenters. The van der Waals surface area contributed by atoms with Crippen LogP contribution in [-0.2, 0) is 50.5 Å². The Balaban J connectivity index is 0.00000768. The summed E-state index contributed by atoms with van der Waals surface area (Å²) in [6.07, 6.45) is 0. The molecule has 19 nitrogen and oxygen atoms in total. The van der Waals surface area contributed by atoms with Gasteiger partial charge in [0.25, 0.3) is 17.5 Å². The molecule has 0 spiro atoms. The Hall–Kier alpha value is -3.73. The zero-order valence-electron chi connectivity index (χ0n) is 25.0. The molecule has 1 aliphatic heterocycles. The van der Waals surface area contributed by atoms with E-state index in [0.717, 1.165) is 18.3 Å². The summed E-state index contributed by atoms with van der Waals surface area (Å²) in [6, 6.07) is 2.10. The molecule has 0 aliphatic carbocycles. The van der Waals surface area contributed by atoms with Crippen molar-refractivity contribution in [1.82, 2.24) is 19.9 Å². The number of thiazole rings is 1. The van der Waals surface area contributed by atoms with Gasteiger partial charge in [0, 0.05) is 31.0 Å². The first-order valence-corrected chi connectivity index (χ1v) is 15.6. The number of esters is 1. The van der Waals surface area contributed by atoms with Gasteiger partial charge in [-0.1, -0.05) is 5.16 Å². The Morgan fingerprint density at radius 3 is 2.40 bits per heavy atom. The molecule has 1 aromatic heterocycles. The van der Waals surface area contributed by atoms with Gasteiger partial charge < -0.3 is 30.1 Å². The number of rotatable bonds is 14. The molecular formula is C24H25ClN7NaO12S2. The van der Waals surface area contributed by atoms with Crippen LogP contribution in [0.1, 0.15) is 32.0 Å². The van der Waals surface area contributed by atoms with Crippen molar-refractivity contribution in [1.29, 1.82) is 0 Å². The van der Waals surface area contributed by atoms with E-state index in [1.807, 2.05) is 0 Å². The number of amides is 4. The first kappa shape index (κ1) is 39.4. The Morgan fingerprint density at radius 2 is 1.85 bits per heavy atom. The van der Waals surface area contributed by atoms with Crippen molar-refractivity contribution in [2.24, 2.45) is 5.16 Å².